The first-order valence-corrected chi connectivity index (χ1v) is 5.60. The van der Waals surface area contributed by atoms with Crippen LogP contribution in [0.2, 0.25) is 5.02 Å². The number of amides is 1. The van der Waals surface area contributed by atoms with E-state index in [1.54, 1.807) is 0 Å². The molecule has 5 nitrogen and oxygen atoms in total. The average Bonchev–Trinajstić information content (AvgIpc) is 2.67. The second kappa shape index (κ2) is 4.71. The van der Waals surface area contributed by atoms with Crippen LogP contribution >= 0.6 is 11.6 Å². The van der Waals surface area contributed by atoms with Gasteiger partial charge in [0, 0.05) is 0 Å². The molecule has 1 aromatic carbocycles. The van der Waals surface area contributed by atoms with E-state index in [-0.39, 0.29) is 22.1 Å². The van der Waals surface area contributed by atoms with Crippen molar-refractivity contribution in [2.75, 3.05) is 5.73 Å². The fourth-order valence-electron chi connectivity index (χ4n) is 1.60. The molecular formula is C11H8ClF3N4O. The maximum absolute atomic E-state index is 12.6. The normalized spacial score (nSPS) is 11.6. The summed E-state index contributed by atoms with van der Waals surface area (Å²) < 4.78 is 38.9. The van der Waals surface area contributed by atoms with Crippen molar-refractivity contribution in [1.29, 1.82) is 0 Å². The molecule has 2 rings (SSSR count). The Bertz CT molecular complexity index is 661. The maximum atomic E-state index is 12.6. The van der Waals surface area contributed by atoms with Crippen LogP contribution < -0.4 is 11.5 Å². The largest absolute Gasteiger partial charge is 0.416 e. The van der Waals surface area contributed by atoms with Gasteiger partial charge in [-0.05, 0) is 18.2 Å². The van der Waals surface area contributed by atoms with Gasteiger partial charge in [-0.2, -0.15) is 13.2 Å². The highest BCUT2D eigenvalue weighted by Crippen LogP contribution is 2.31. The van der Waals surface area contributed by atoms with E-state index in [1.165, 1.54) is 6.20 Å². The lowest BCUT2D eigenvalue weighted by Crippen LogP contribution is -2.17. The van der Waals surface area contributed by atoms with E-state index in [0.29, 0.717) is 6.07 Å². The summed E-state index contributed by atoms with van der Waals surface area (Å²) in [6.07, 6.45) is -3.31. The summed E-state index contributed by atoms with van der Waals surface area (Å²) in [6, 6.07) is 2.54. The number of nitrogens with zero attached hydrogens (tertiary/aromatic N) is 2. The van der Waals surface area contributed by atoms with E-state index >= 15 is 0 Å². The van der Waals surface area contributed by atoms with Crippen LogP contribution in [0.15, 0.2) is 24.4 Å². The van der Waals surface area contributed by atoms with Gasteiger partial charge in [-0.3, -0.25) is 4.79 Å². The number of halogens is 4. The molecule has 0 atom stereocenters. The molecule has 9 heteroatoms. The Labute approximate surface area is 115 Å². The zero-order chi connectivity index (χ0) is 15.1. The molecule has 0 saturated heterocycles. The molecule has 20 heavy (non-hydrogen) atoms. The lowest BCUT2D eigenvalue weighted by Gasteiger charge is -2.11. The molecule has 0 aliphatic carbocycles. The fourth-order valence-corrected chi connectivity index (χ4v) is 1.73. The molecule has 1 amide bonds. The predicted octanol–water partition coefficient (Wildman–Crippen LogP) is 2.23. The van der Waals surface area contributed by atoms with E-state index < -0.39 is 17.6 Å². The van der Waals surface area contributed by atoms with E-state index in [4.69, 9.17) is 23.1 Å². The molecular weight excluding hydrogens is 297 g/mol. The summed E-state index contributed by atoms with van der Waals surface area (Å²) in [5.74, 6) is -1.03. The molecule has 1 heterocycles. The molecule has 2 aromatic rings. The lowest BCUT2D eigenvalue weighted by atomic mass is 10.1. The number of rotatable bonds is 2. The number of carbonyl (C=O) groups is 1. The molecule has 0 aliphatic heterocycles. The number of hydrogen-bond acceptors (Lipinski definition) is 3. The molecule has 0 radical (unpaired) electrons. The molecule has 1 aromatic heterocycles. The van der Waals surface area contributed by atoms with Gasteiger partial charge in [0.1, 0.15) is 5.02 Å². The van der Waals surface area contributed by atoms with Crippen LogP contribution in [0.1, 0.15) is 15.9 Å². The van der Waals surface area contributed by atoms with Gasteiger partial charge < -0.3 is 11.5 Å². The minimum atomic E-state index is -4.58. The second-order valence-electron chi connectivity index (χ2n) is 3.90. The highest BCUT2D eigenvalue weighted by Gasteiger charge is 2.31. The molecule has 4 N–H and O–H groups in total. The molecule has 0 bridgehead atoms. The molecule has 0 saturated carbocycles. The standard InChI is InChI=1S/C11H8ClF3N4O/c12-7-4-19(18-9(7)16)8-2-1-5(11(13,14)15)3-6(8)10(17)20/h1-4H,(H2,16,18)(H2,17,20). The highest BCUT2D eigenvalue weighted by atomic mass is 35.5. The summed E-state index contributed by atoms with van der Waals surface area (Å²) >= 11 is 5.71. The van der Waals surface area contributed by atoms with Crippen molar-refractivity contribution >= 4 is 23.3 Å². The third-order valence-electron chi connectivity index (χ3n) is 2.53. The monoisotopic (exact) mass is 304 g/mol. The number of primary amides is 1. The number of alkyl halides is 3. The quantitative estimate of drug-likeness (QED) is 0.892. The van der Waals surface area contributed by atoms with Gasteiger partial charge in [0.15, 0.2) is 5.82 Å². The lowest BCUT2D eigenvalue weighted by molar-refractivity contribution is -0.137. The maximum Gasteiger partial charge on any atom is 0.416 e. The third kappa shape index (κ3) is 2.55. The number of nitrogens with two attached hydrogens (primary N) is 2. The summed E-state index contributed by atoms with van der Waals surface area (Å²) in [5, 5.41) is 3.90. The Morgan fingerprint density at radius 3 is 2.45 bits per heavy atom. The number of benzene rings is 1. The summed E-state index contributed by atoms with van der Waals surface area (Å²) in [6.45, 7) is 0. The molecule has 106 valence electrons. The van der Waals surface area contributed by atoms with E-state index in [1.807, 2.05) is 0 Å². The van der Waals surface area contributed by atoms with Gasteiger partial charge in [-0.25, -0.2) is 4.68 Å². The van der Waals surface area contributed by atoms with Crippen molar-refractivity contribution in [3.8, 4) is 5.69 Å². The molecule has 0 fully saturated rings. The van der Waals surface area contributed by atoms with Crippen molar-refractivity contribution in [2.45, 2.75) is 6.18 Å². The van der Waals surface area contributed by atoms with Crippen LogP contribution in [0, 0.1) is 0 Å². The number of carbonyl (C=O) groups excluding carboxylic acids is 1. The van der Waals surface area contributed by atoms with Crippen molar-refractivity contribution < 1.29 is 18.0 Å². The Hall–Kier alpha value is -2.22. The summed E-state index contributed by atoms with van der Waals surface area (Å²) in [4.78, 5) is 11.3. The van der Waals surface area contributed by atoms with Crippen molar-refractivity contribution in [1.82, 2.24) is 9.78 Å². The van der Waals surface area contributed by atoms with Gasteiger partial charge in [0.25, 0.3) is 5.91 Å². The van der Waals surface area contributed by atoms with Gasteiger partial charge in [0.05, 0.1) is 23.0 Å². The minimum Gasteiger partial charge on any atom is -0.381 e. The van der Waals surface area contributed by atoms with Crippen LogP contribution in [0.3, 0.4) is 0 Å². The fraction of sp³-hybridized carbons (Fsp3) is 0.0909. The van der Waals surface area contributed by atoms with Gasteiger partial charge in [-0.15, -0.1) is 5.10 Å². The minimum absolute atomic E-state index is 0.0121. The van der Waals surface area contributed by atoms with Crippen molar-refractivity contribution in [3.05, 3.63) is 40.5 Å². The van der Waals surface area contributed by atoms with Crippen molar-refractivity contribution in [2.24, 2.45) is 5.73 Å². The number of nitrogen functional groups attached to an aromatic ring is 1. The Morgan fingerprint density at radius 2 is 2.00 bits per heavy atom. The Morgan fingerprint density at radius 1 is 1.35 bits per heavy atom. The zero-order valence-electron chi connectivity index (χ0n) is 9.78. The van der Waals surface area contributed by atoms with Gasteiger partial charge >= 0.3 is 6.18 Å². The Kier molecular flexibility index (Phi) is 3.34. The first kappa shape index (κ1) is 14.2. The highest BCUT2D eigenvalue weighted by molar-refractivity contribution is 6.32. The number of hydrogen-bond donors (Lipinski definition) is 2. The van der Waals surface area contributed by atoms with Gasteiger partial charge in [0.2, 0.25) is 0 Å². The first-order chi connectivity index (χ1) is 9.20. The number of aromatic nitrogens is 2. The van der Waals surface area contributed by atoms with Crippen molar-refractivity contribution in [3.63, 3.8) is 0 Å². The second-order valence-corrected chi connectivity index (χ2v) is 4.31. The SMILES string of the molecule is NC(=O)c1cc(C(F)(F)F)ccc1-n1cc(Cl)c(N)n1. The van der Waals surface area contributed by atoms with Crippen LogP contribution in [-0.4, -0.2) is 15.7 Å². The van der Waals surface area contributed by atoms with Gasteiger partial charge in [-0.1, -0.05) is 11.6 Å². The molecule has 0 aliphatic rings. The van der Waals surface area contributed by atoms with Crippen LogP contribution in [0.4, 0.5) is 19.0 Å². The third-order valence-corrected chi connectivity index (χ3v) is 2.82. The number of anilines is 1. The molecule has 0 unspecified atom stereocenters. The molecule has 0 spiro atoms. The summed E-state index contributed by atoms with van der Waals surface area (Å²) in [7, 11) is 0. The van der Waals surface area contributed by atoms with E-state index in [0.717, 1.165) is 16.8 Å². The van der Waals surface area contributed by atoms with E-state index in [9.17, 15) is 18.0 Å². The first-order valence-electron chi connectivity index (χ1n) is 5.22. The zero-order valence-corrected chi connectivity index (χ0v) is 10.5. The van der Waals surface area contributed by atoms with E-state index in [2.05, 4.69) is 5.10 Å². The average molecular weight is 305 g/mol. The van der Waals surface area contributed by atoms with Crippen LogP contribution in [0.25, 0.3) is 5.69 Å². The summed E-state index contributed by atoms with van der Waals surface area (Å²) in [5.41, 5.74) is 9.28. The van der Waals surface area contributed by atoms with Crippen LogP contribution in [-0.2, 0) is 6.18 Å². The topological polar surface area (TPSA) is 86.9 Å². The Balaban J connectivity index is 2.62. The smallest absolute Gasteiger partial charge is 0.381 e. The van der Waals surface area contributed by atoms with Crippen LogP contribution in [0.5, 0.6) is 0 Å². The predicted molar refractivity (Wildman–Crippen MR) is 66.5 cm³/mol.